The maximum atomic E-state index is 11.2. The molecule has 1 unspecified atom stereocenters. The number of hydrogen-bond donors (Lipinski definition) is 0. The molecule has 0 aromatic rings. The van der Waals surface area contributed by atoms with E-state index in [9.17, 15) is 13.2 Å². The molecule has 1 rings (SSSR count). The van der Waals surface area contributed by atoms with Crippen LogP contribution in [0.4, 0.5) is 0 Å². The highest BCUT2D eigenvalue weighted by Gasteiger charge is 2.28. The number of likely N-dealkylation sites (tertiary alicyclic amines) is 1. The van der Waals surface area contributed by atoms with E-state index in [0.29, 0.717) is 19.4 Å². The second-order valence-corrected chi connectivity index (χ2v) is 5.33. The fourth-order valence-electron chi connectivity index (χ4n) is 1.50. The molecule has 0 saturated carbocycles. The first-order valence-electron chi connectivity index (χ1n) is 3.95. The average Bonchev–Trinajstić information content (AvgIpc) is 2.03. The van der Waals surface area contributed by atoms with Crippen LogP contribution in [0.1, 0.15) is 19.3 Å². The fraction of sp³-hybridized carbons (Fsp3) is 0.857. The van der Waals surface area contributed by atoms with Gasteiger partial charge in [0.1, 0.15) is 5.37 Å². The molecular formula is C7H13NO3S. The standard InChI is InChI=1S/C7H13NO3S/c1-12(10,11)7-4-2-3-5-8(7)6-9/h6-7H,2-5H2,1H3. The first-order valence-corrected chi connectivity index (χ1v) is 5.91. The van der Waals surface area contributed by atoms with Gasteiger partial charge in [0, 0.05) is 12.8 Å². The van der Waals surface area contributed by atoms with Crippen molar-refractivity contribution in [3.05, 3.63) is 0 Å². The molecule has 0 aromatic heterocycles. The summed E-state index contributed by atoms with van der Waals surface area (Å²) in [5, 5.41) is -0.580. The third-order valence-corrected chi connectivity index (χ3v) is 3.61. The summed E-state index contributed by atoms with van der Waals surface area (Å²) in [4.78, 5) is 11.9. The van der Waals surface area contributed by atoms with Gasteiger partial charge in [0.15, 0.2) is 9.84 Å². The number of carbonyl (C=O) groups is 1. The van der Waals surface area contributed by atoms with Crippen LogP contribution in [0.3, 0.4) is 0 Å². The van der Waals surface area contributed by atoms with Gasteiger partial charge in [0.05, 0.1) is 0 Å². The summed E-state index contributed by atoms with van der Waals surface area (Å²) in [6.45, 7) is 0.571. The van der Waals surface area contributed by atoms with Crippen molar-refractivity contribution in [3.8, 4) is 0 Å². The van der Waals surface area contributed by atoms with Gasteiger partial charge in [-0.1, -0.05) is 0 Å². The Morgan fingerprint density at radius 3 is 2.50 bits per heavy atom. The van der Waals surface area contributed by atoms with Gasteiger partial charge >= 0.3 is 0 Å². The molecule has 0 spiro atoms. The Balaban J connectivity index is 2.79. The second-order valence-electron chi connectivity index (χ2n) is 3.12. The molecule has 1 atom stereocenters. The van der Waals surface area contributed by atoms with Crippen LogP contribution in [-0.2, 0) is 14.6 Å². The summed E-state index contributed by atoms with van der Waals surface area (Å²) in [5.41, 5.74) is 0. The zero-order valence-electron chi connectivity index (χ0n) is 7.06. The van der Waals surface area contributed by atoms with Crippen LogP contribution >= 0.6 is 0 Å². The number of nitrogens with zero attached hydrogens (tertiary/aromatic N) is 1. The molecule has 0 aromatic carbocycles. The molecule has 1 aliphatic rings. The average molecular weight is 191 g/mol. The van der Waals surface area contributed by atoms with Gasteiger partial charge < -0.3 is 4.90 Å². The quantitative estimate of drug-likeness (QED) is 0.577. The molecule has 5 heteroatoms. The molecule has 1 saturated heterocycles. The highest BCUT2D eigenvalue weighted by Crippen LogP contribution is 2.18. The maximum Gasteiger partial charge on any atom is 0.210 e. The minimum atomic E-state index is -3.09. The lowest BCUT2D eigenvalue weighted by molar-refractivity contribution is -0.119. The van der Waals surface area contributed by atoms with E-state index in [-0.39, 0.29) is 0 Å². The maximum absolute atomic E-state index is 11.2. The SMILES string of the molecule is CS(=O)(=O)C1CCCCN1C=O. The van der Waals surface area contributed by atoms with E-state index in [1.54, 1.807) is 0 Å². The highest BCUT2D eigenvalue weighted by atomic mass is 32.2. The lowest BCUT2D eigenvalue weighted by atomic mass is 10.1. The Morgan fingerprint density at radius 1 is 1.42 bits per heavy atom. The molecule has 1 heterocycles. The lowest BCUT2D eigenvalue weighted by Gasteiger charge is -2.30. The molecule has 1 aliphatic heterocycles. The van der Waals surface area contributed by atoms with E-state index in [1.807, 2.05) is 0 Å². The Bertz CT molecular complexity index is 260. The predicted octanol–water partition coefficient (Wildman–Crippen LogP) is -0.000600. The number of sulfone groups is 1. The summed E-state index contributed by atoms with van der Waals surface area (Å²) in [6.07, 6.45) is 4.19. The molecule has 4 nitrogen and oxygen atoms in total. The third-order valence-electron chi connectivity index (χ3n) is 2.12. The van der Waals surface area contributed by atoms with Crippen molar-refractivity contribution in [2.24, 2.45) is 0 Å². The predicted molar refractivity (Wildman–Crippen MR) is 45.3 cm³/mol. The zero-order valence-corrected chi connectivity index (χ0v) is 7.88. The summed E-state index contributed by atoms with van der Waals surface area (Å²) in [6, 6.07) is 0. The van der Waals surface area contributed by atoms with Crippen LogP contribution < -0.4 is 0 Å². The van der Waals surface area contributed by atoms with Crippen molar-refractivity contribution >= 4 is 16.2 Å². The Labute approximate surface area is 72.5 Å². The van der Waals surface area contributed by atoms with Gasteiger partial charge in [-0.3, -0.25) is 4.79 Å². The molecule has 70 valence electrons. The Kier molecular flexibility index (Phi) is 2.72. The minimum absolute atomic E-state index is 0.571. The van der Waals surface area contributed by atoms with E-state index in [0.717, 1.165) is 12.8 Å². The van der Waals surface area contributed by atoms with Crippen molar-refractivity contribution in [1.29, 1.82) is 0 Å². The molecule has 0 radical (unpaired) electrons. The van der Waals surface area contributed by atoms with E-state index in [1.165, 1.54) is 11.2 Å². The van der Waals surface area contributed by atoms with Gasteiger partial charge in [0.2, 0.25) is 6.41 Å². The first kappa shape index (κ1) is 9.51. The first-order chi connectivity index (χ1) is 5.55. The van der Waals surface area contributed by atoms with Crippen LogP contribution in [0, 0.1) is 0 Å². The van der Waals surface area contributed by atoms with E-state index < -0.39 is 15.2 Å². The third kappa shape index (κ3) is 1.97. The van der Waals surface area contributed by atoms with Crippen LogP contribution in [0.5, 0.6) is 0 Å². The highest BCUT2D eigenvalue weighted by molar-refractivity contribution is 7.91. The van der Waals surface area contributed by atoms with Crippen molar-refractivity contribution < 1.29 is 13.2 Å². The summed E-state index contributed by atoms with van der Waals surface area (Å²) in [7, 11) is -3.09. The largest absolute Gasteiger partial charge is 0.328 e. The molecular weight excluding hydrogens is 178 g/mol. The van der Waals surface area contributed by atoms with E-state index in [4.69, 9.17) is 0 Å². The smallest absolute Gasteiger partial charge is 0.210 e. The van der Waals surface area contributed by atoms with Crippen molar-refractivity contribution in [3.63, 3.8) is 0 Å². The molecule has 0 bridgehead atoms. The number of rotatable bonds is 2. The normalized spacial score (nSPS) is 25.4. The topological polar surface area (TPSA) is 54.5 Å². The summed E-state index contributed by atoms with van der Waals surface area (Å²) < 4.78 is 22.3. The number of hydrogen-bond acceptors (Lipinski definition) is 3. The Hall–Kier alpha value is -0.580. The van der Waals surface area contributed by atoms with Gasteiger partial charge in [-0.25, -0.2) is 8.42 Å². The van der Waals surface area contributed by atoms with Crippen LogP contribution in [0.25, 0.3) is 0 Å². The number of amides is 1. The van der Waals surface area contributed by atoms with Gasteiger partial charge in [0.25, 0.3) is 0 Å². The van der Waals surface area contributed by atoms with Crippen molar-refractivity contribution in [1.82, 2.24) is 4.90 Å². The molecule has 1 fully saturated rings. The Morgan fingerprint density at radius 2 is 2.08 bits per heavy atom. The van der Waals surface area contributed by atoms with Crippen LogP contribution in [0.2, 0.25) is 0 Å². The molecule has 0 aliphatic carbocycles. The van der Waals surface area contributed by atoms with Crippen LogP contribution in [0.15, 0.2) is 0 Å². The van der Waals surface area contributed by atoms with Gasteiger partial charge in [-0.05, 0) is 19.3 Å². The van der Waals surface area contributed by atoms with Crippen molar-refractivity contribution in [2.75, 3.05) is 12.8 Å². The number of carbonyl (C=O) groups excluding carboxylic acids is 1. The minimum Gasteiger partial charge on any atom is -0.328 e. The molecule has 1 amide bonds. The second kappa shape index (κ2) is 3.43. The monoisotopic (exact) mass is 191 g/mol. The molecule has 0 N–H and O–H groups in total. The van der Waals surface area contributed by atoms with Crippen LogP contribution in [-0.4, -0.2) is 37.9 Å². The van der Waals surface area contributed by atoms with Crippen molar-refractivity contribution in [2.45, 2.75) is 24.6 Å². The summed E-state index contributed by atoms with van der Waals surface area (Å²) in [5.74, 6) is 0. The molecule has 12 heavy (non-hydrogen) atoms. The van der Waals surface area contributed by atoms with Gasteiger partial charge in [-0.2, -0.15) is 0 Å². The fourth-order valence-corrected chi connectivity index (χ4v) is 2.75. The van der Waals surface area contributed by atoms with Gasteiger partial charge in [-0.15, -0.1) is 0 Å². The van der Waals surface area contributed by atoms with E-state index in [2.05, 4.69) is 0 Å². The zero-order chi connectivity index (χ0) is 9.19. The van der Waals surface area contributed by atoms with E-state index >= 15 is 0 Å². The lowest BCUT2D eigenvalue weighted by Crippen LogP contribution is -2.43. The number of piperidine rings is 1. The summed E-state index contributed by atoms with van der Waals surface area (Å²) >= 11 is 0.